The van der Waals surface area contributed by atoms with Crippen LogP contribution in [0.3, 0.4) is 0 Å². The second kappa shape index (κ2) is 21.7. The molecule has 20 nitrogen and oxygen atoms in total. The first-order valence-corrected chi connectivity index (χ1v) is 18.0. The lowest BCUT2D eigenvalue weighted by Gasteiger charge is -2.21. The maximum absolute atomic E-state index is 12.8. The molecule has 0 radical (unpaired) electrons. The van der Waals surface area contributed by atoms with Crippen molar-refractivity contribution < 1.29 is 33.6 Å². The Labute approximate surface area is 321 Å². The molecule has 3 rings (SSSR count). The summed E-state index contributed by atoms with van der Waals surface area (Å²) in [6, 6.07) is 2.36. The number of carbonyl (C=O) groups excluding carboxylic acids is 7. The smallest absolute Gasteiger partial charge is 0.280 e. The summed E-state index contributed by atoms with van der Waals surface area (Å²) in [4.78, 5) is 112. The Kier molecular flexibility index (Phi) is 17.1. The molecule has 296 valence electrons. The van der Waals surface area contributed by atoms with Crippen LogP contribution in [-0.2, 0) is 35.3 Å². The highest BCUT2D eigenvalue weighted by Crippen LogP contribution is 2.12. The van der Waals surface area contributed by atoms with Crippen molar-refractivity contribution in [2.45, 2.75) is 82.7 Å². The monoisotopic (exact) mass is 782 g/mol. The number of fused-ring (bicyclic) bond motifs is 1. The van der Waals surface area contributed by atoms with Gasteiger partial charge in [-0.1, -0.05) is 6.92 Å². The fourth-order valence-electron chi connectivity index (χ4n) is 4.90. The van der Waals surface area contributed by atoms with Crippen molar-refractivity contribution in [3.8, 4) is 0 Å². The first-order chi connectivity index (χ1) is 26.3. The van der Waals surface area contributed by atoms with Gasteiger partial charge in [-0.05, 0) is 50.5 Å². The van der Waals surface area contributed by atoms with Crippen molar-refractivity contribution in [1.29, 1.82) is 0 Å². The van der Waals surface area contributed by atoms with Crippen molar-refractivity contribution in [2.75, 3.05) is 23.3 Å². The first kappa shape index (κ1) is 43.4. The number of hydrogen-bond acceptors (Lipinski definition) is 15. The molecule has 0 aliphatic heterocycles. The number of rotatable bonds is 22. The number of hydrogen-bond donors (Lipinski definition) is 10. The van der Waals surface area contributed by atoms with Crippen LogP contribution >= 0.6 is 12.6 Å². The highest BCUT2D eigenvalue weighted by atomic mass is 32.1. The standard InChI is InChI=1S/C34H46N12O8S/c1-3-25(32(53)43-23(16-48)17-55)44-31(52)24(35)14-38-26(49)11-9-21(15-47)41-27(50)10-4-18(2)40-30(51)19-5-7-20(8-6-19)37-12-22-13-39-29-28(42-22)33(54)46-34(36)45-29/h5-8,13,15-16,18,21,23-25,37,55H,3-4,9-12,14,17,35H2,1-2H3,(H,38,49)(H,40,51)(H,41,50)(H,43,53)(H,44,52)(H3,36,39,45,46,54)/t18-,21+,23-,24+,25+/m1/s1. The van der Waals surface area contributed by atoms with Gasteiger partial charge in [0.15, 0.2) is 11.2 Å². The van der Waals surface area contributed by atoms with Crippen molar-refractivity contribution in [2.24, 2.45) is 5.73 Å². The van der Waals surface area contributed by atoms with Gasteiger partial charge in [-0.15, -0.1) is 0 Å². The number of H-pyrrole nitrogens is 1. The van der Waals surface area contributed by atoms with E-state index in [-0.39, 0.29) is 80.0 Å². The lowest BCUT2D eigenvalue weighted by Crippen LogP contribution is -2.55. The highest BCUT2D eigenvalue weighted by molar-refractivity contribution is 7.80. The van der Waals surface area contributed by atoms with Crippen LogP contribution in [0.5, 0.6) is 0 Å². The summed E-state index contributed by atoms with van der Waals surface area (Å²) in [6.07, 6.45) is 2.85. The zero-order valence-corrected chi connectivity index (χ0v) is 31.2. The largest absolute Gasteiger partial charge is 0.379 e. The average molecular weight is 783 g/mol. The molecule has 2 heterocycles. The third kappa shape index (κ3) is 14.1. The molecule has 0 aliphatic rings. The Bertz CT molecular complexity index is 1890. The van der Waals surface area contributed by atoms with Crippen molar-refractivity contribution in [3.05, 3.63) is 52.1 Å². The molecule has 0 unspecified atom stereocenters. The van der Waals surface area contributed by atoms with Gasteiger partial charge in [0.1, 0.15) is 24.7 Å². The number of benzene rings is 1. The van der Waals surface area contributed by atoms with E-state index in [9.17, 15) is 38.4 Å². The van der Waals surface area contributed by atoms with Gasteiger partial charge in [-0.25, -0.2) is 9.97 Å². The van der Waals surface area contributed by atoms with E-state index in [0.717, 1.165) is 0 Å². The summed E-state index contributed by atoms with van der Waals surface area (Å²) in [5.41, 5.74) is 12.7. The molecule has 3 aromatic rings. The van der Waals surface area contributed by atoms with Crippen LogP contribution in [0.25, 0.3) is 11.2 Å². The molecule has 0 bridgehead atoms. The Balaban J connectivity index is 1.34. The quantitative estimate of drug-likeness (QED) is 0.0398. The second-order valence-corrected chi connectivity index (χ2v) is 12.9. The van der Waals surface area contributed by atoms with Crippen LogP contribution in [0.2, 0.25) is 0 Å². The zero-order valence-electron chi connectivity index (χ0n) is 30.3. The van der Waals surface area contributed by atoms with Crippen molar-refractivity contribution in [1.82, 2.24) is 46.5 Å². The third-order valence-electron chi connectivity index (χ3n) is 8.07. The Morgan fingerprint density at radius 2 is 1.60 bits per heavy atom. The number of carbonyl (C=O) groups is 7. The molecule has 0 fully saturated rings. The van der Waals surface area contributed by atoms with Crippen LogP contribution in [-0.4, -0.2) is 105 Å². The molecule has 0 saturated carbocycles. The molecule has 1 aromatic carbocycles. The summed E-state index contributed by atoms with van der Waals surface area (Å²) in [7, 11) is 0. The Morgan fingerprint density at radius 3 is 2.25 bits per heavy atom. The summed E-state index contributed by atoms with van der Waals surface area (Å²) in [5.74, 6) is -2.55. The molecule has 0 saturated heterocycles. The molecule has 5 atom stereocenters. The van der Waals surface area contributed by atoms with Crippen LogP contribution < -0.4 is 48.9 Å². The fourth-order valence-corrected chi connectivity index (χ4v) is 5.07. The second-order valence-electron chi connectivity index (χ2n) is 12.5. The summed E-state index contributed by atoms with van der Waals surface area (Å²) < 4.78 is 0. The molecule has 21 heteroatoms. The van der Waals surface area contributed by atoms with E-state index in [1.54, 1.807) is 38.1 Å². The van der Waals surface area contributed by atoms with Gasteiger partial charge >= 0.3 is 0 Å². The average Bonchev–Trinajstić information content (AvgIpc) is 3.17. The number of anilines is 2. The Morgan fingerprint density at radius 1 is 0.909 bits per heavy atom. The maximum atomic E-state index is 12.8. The van der Waals surface area contributed by atoms with E-state index in [1.165, 1.54) is 6.20 Å². The minimum atomic E-state index is -1.19. The lowest BCUT2D eigenvalue weighted by atomic mass is 10.1. The fraction of sp³-hybridized carbons (Fsp3) is 0.441. The minimum Gasteiger partial charge on any atom is -0.379 e. The van der Waals surface area contributed by atoms with Gasteiger partial charge in [0, 0.05) is 42.4 Å². The number of nitrogens with zero attached hydrogens (tertiary/aromatic N) is 3. The summed E-state index contributed by atoms with van der Waals surface area (Å²) >= 11 is 3.97. The number of thiol groups is 1. The molecule has 2 aromatic heterocycles. The predicted octanol–water partition coefficient (Wildman–Crippen LogP) is -1.78. The topological polar surface area (TPSA) is 315 Å². The van der Waals surface area contributed by atoms with Gasteiger partial charge in [0.25, 0.3) is 11.5 Å². The van der Waals surface area contributed by atoms with Crippen LogP contribution in [0.1, 0.15) is 62.0 Å². The third-order valence-corrected chi connectivity index (χ3v) is 8.46. The molecule has 0 aliphatic carbocycles. The van der Waals surface area contributed by atoms with E-state index in [2.05, 4.69) is 64.5 Å². The lowest BCUT2D eigenvalue weighted by molar-refractivity contribution is -0.130. The van der Waals surface area contributed by atoms with E-state index < -0.39 is 53.4 Å². The number of aromatic nitrogens is 4. The highest BCUT2D eigenvalue weighted by Gasteiger charge is 2.24. The summed E-state index contributed by atoms with van der Waals surface area (Å²) in [5, 5.41) is 15.9. The van der Waals surface area contributed by atoms with Crippen LogP contribution in [0.15, 0.2) is 35.3 Å². The Hall–Kier alpha value is -5.96. The number of nitrogens with one attached hydrogen (secondary N) is 7. The number of aromatic amines is 1. The van der Waals surface area contributed by atoms with E-state index in [1.807, 2.05) is 0 Å². The van der Waals surface area contributed by atoms with E-state index >= 15 is 0 Å². The van der Waals surface area contributed by atoms with Gasteiger partial charge in [0.2, 0.25) is 29.6 Å². The van der Waals surface area contributed by atoms with Crippen LogP contribution in [0.4, 0.5) is 11.6 Å². The molecule has 55 heavy (non-hydrogen) atoms. The summed E-state index contributed by atoms with van der Waals surface area (Å²) in [6.45, 7) is 3.39. The van der Waals surface area contributed by atoms with Gasteiger partial charge in [-0.2, -0.15) is 17.6 Å². The van der Waals surface area contributed by atoms with Gasteiger partial charge in [-0.3, -0.25) is 33.8 Å². The first-order valence-electron chi connectivity index (χ1n) is 17.4. The van der Waals surface area contributed by atoms with Crippen molar-refractivity contribution in [3.63, 3.8) is 0 Å². The zero-order chi connectivity index (χ0) is 40.5. The van der Waals surface area contributed by atoms with Gasteiger partial charge in [0.05, 0.1) is 30.5 Å². The number of nitrogen functional groups attached to an aromatic ring is 1. The SMILES string of the molecule is CC[C@H](NC(=O)[C@@H](N)CNC(=O)CC[C@@H](C=O)NC(=O)CC[C@@H](C)NC(=O)c1ccc(NCc2cnc3nc(N)[nH]c(=O)c3n2)cc1)C(=O)N[C@H](C=O)CS. The molecule has 11 N–H and O–H groups in total. The van der Waals surface area contributed by atoms with Crippen LogP contribution in [0, 0.1) is 0 Å². The molecule has 5 amide bonds. The maximum Gasteiger partial charge on any atom is 0.280 e. The van der Waals surface area contributed by atoms with Crippen molar-refractivity contribution >= 4 is 77.5 Å². The number of aldehydes is 2. The minimum absolute atomic E-state index is 0.000985. The number of amides is 5. The number of nitrogens with two attached hydrogens (primary N) is 2. The van der Waals surface area contributed by atoms with E-state index in [4.69, 9.17) is 11.5 Å². The van der Waals surface area contributed by atoms with E-state index in [0.29, 0.717) is 29.5 Å². The molecular formula is C34H46N12O8S. The van der Waals surface area contributed by atoms with Gasteiger partial charge < -0.3 is 53.0 Å². The predicted molar refractivity (Wildman–Crippen MR) is 205 cm³/mol. The normalized spacial score (nSPS) is 13.6. The molecular weight excluding hydrogens is 737 g/mol. The molecule has 0 spiro atoms.